The van der Waals surface area contributed by atoms with Gasteiger partial charge in [0.05, 0.1) is 11.3 Å². The number of benzene rings is 2. The van der Waals surface area contributed by atoms with Crippen molar-refractivity contribution in [3.63, 3.8) is 0 Å². The molecule has 1 aliphatic heterocycles. The summed E-state index contributed by atoms with van der Waals surface area (Å²) in [5.74, 6) is -1.56. The van der Waals surface area contributed by atoms with Gasteiger partial charge in [0.1, 0.15) is 10.6 Å². The lowest BCUT2D eigenvalue weighted by atomic mass is 10.00. The molecule has 0 atom stereocenters. The number of amides is 1. The molecule has 5 N–H and O–H groups in total. The molecule has 29 heavy (non-hydrogen) atoms. The van der Waals surface area contributed by atoms with Crippen molar-refractivity contribution in [3.05, 3.63) is 75.6 Å². The summed E-state index contributed by atoms with van der Waals surface area (Å²) in [6, 6.07) is 14.3. The molecular formula is C21H16ClN3O3S. The van der Waals surface area contributed by atoms with Gasteiger partial charge in [-0.05, 0) is 23.8 Å². The number of halogens is 1. The molecule has 0 saturated carbocycles. The number of nitrogens with one attached hydrogen (secondary N) is 2. The van der Waals surface area contributed by atoms with Crippen molar-refractivity contribution in [2.75, 3.05) is 17.2 Å². The third kappa shape index (κ3) is 3.57. The number of carbonyl (C=O) groups is 2. The molecule has 0 spiro atoms. The molecule has 1 aliphatic rings. The van der Waals surface area contributed by atoms with Crippen LogP contribution >= 0.6 is 22.9 Å². The van der Waals surface area contributed by atoms with Crippen molar-refractivity contribution < 1.29 is 14.7 Å². The molecule has 0 aliphatic carbocycles. The van der Waals surface area contributed by atoms with E-state index in [1.165, 1.54) is 0 Å². The molecule has 3 aromatic rings. The highest BCUT2D eigenvalue weighted by Gasteiger charge is 2.25. The number of hydrogen-bond donors (Lipinski definition) is 4. The molecule has 0 fully saturated rings. The number of hydrogen-bond acceptors (Lipinski definition) is 5. The van der Waals surface area contributed by atoms with E-state index in [9.17, 15) is 14.7 Å². The lowest BCUT2D eigenvalue weighted by molar-refractivity contribution is -0.112. The molecule has 4 rings (SSSR count). The molecule has 8 heteroatoms. The molecule has 0 unspecified atom stereocenters. The third-order valence-corrected chi connectivity index (χ3v) is 5.81. The van der Waals surface area contributed by atoms with Gasteiger partial charge in [-0.1, -0.05) is 41.9 Å². The number of anilines is 2. The Bertz CT molecular complexity index is 1150. The van der Waals surface area contributed by atoms with Gasteiger partial charge in [-0.2, -0.15) is 0 Å². The van der Waals surface area contributed by atoms with Crippen LogP contribution in [0.15, 0.2) is 59.5 Å². The van der Waals surface area contributed by atoms with Gasteiger partial charge in [0, 0.05) is 33.8 Å². The first kappa shape index (κ1) is 19.0. The van der Waals surface area contributed by atoms with Crippen LogP contribution in [0.2, 0.25) is 5.02 Å². The standard InChI is InChI=1S/C21H16ClN3O3S/c22-12-7-5-11(6-8-12)15-10-29-20(17(15)21(27)28)25-19(26)14-9-24-16-4-2-1-3-13(16)18(14)23/h1-8,10,24H,9,23H2,(H,25,26)(H,27,28). The quantitative estimate of drug-likeness (QED) is 0.492. The summed E-state index contributed by atoms with van der Waals surface area (Å²) in [5, 5.41) is 18.1. The van der Waals surface area contributed by atoms with E-state index in [0.29, 0.717) is 27.4 Å². The summed E-state index contributed by atoms with van der Waals surface area (Å²) in [7, 11) is 0. The first-order chi connectivity index (χ1) is 14.0. The maximum atomic E-state index is 12.9. The van der Waals surface area contributed by atoms with Gasteiger partial charge in [0.15, 0.2) is 0 Å². The van der Waals surface area contributed by atoms with Crippen molar-refractivity contribution in [3.8, 4) is 11.1 Å². The number of fused-ring (bicyclic) bond motifs is 1. The van der Waals surface area contributed by atoms with Crippen molar-refractivity contribution in [2.45, 2.75) is 0 Å². The zero-order chi connectivity index (χ0) is 20.5. The third-order valence-electron chi connectivity index (χ3n) is 4.66. The van der Waals surface area contributed by atoms with E-state index in [4.69, 9.17) is 17.3 Å². The summed E-state index contributed by atoms with van der Waals surface area (Å²) in [5.41, 5.74) is 9.81. The zero-order valence-corrected chi connectivity index (χ0v) is 16.6. The summed E-state index contributed by atoms with van der Waals surface area (Å²) in [6.07, 6.45) is 0. The van der Waals surface area contributed by atoms with Crippen LogP contribution in [0.4, 0.5) is 10.7 Å². The molecular weight excluding hydrogens is 410 g/mol. The first-order valence-corrected chi connectivity index (χ1v) is 9.95. The summed E-state index contributed by atoms with van der Waals surface area (Å²) in [6.45, 7) is 0.256. The average Bonchev–Trinajstić information content (AvgIpc) is 3.12. The van der Waals surface area contributed by atoms with Crippen LogP contribution in [0.25, 0.3) is 16.8 Å². The summed E-state index contributed by atoms with van der Waals surface area (Å²) in [4.78, 5) is 24.8. The van der Waals surface area contributed by atoms with Crippen LogP contribution in [0, 0.1) is 0 Å². The predicted octanol–water partition coefficient (Wildman–Crippen LogP) is 4.50. The smallest absolute Gasteiger partial charge is 0.339 e. The van der Waals surface area contributed by atoms with Crippen LogP contribution in [0.1, 0.15) is 15.9 Å². The van der Waals surface area contributed by atoms with E-state index in [0.717, 1.165) is 22.6 Å². The number of thiophene rings is 1. The Morgan fingerprint density at radius 2 is 1.83 bits per heavy atom. The monoisotopic (exact) mass is 425 g/mol. The lowest BCUT2D eigenvalue weighted by Gasteiger charge is -2.21. The van der Waals surface area contributed by atoms with Crippen LogP contribution in [-0.4, -0.2) is 23.5 Å². The number of para-hydroxylation sites is 1. The van der Waals surface area contributed by atoms with Gasteiger partial charge in [0.2, 0.25) is 0 Å². The zero-order valence-electron chi connectivity index (χ0n) is 15.0. The highest BCUT2D eigenvalue weighted by atomic mass is 35.5. The lowest BCUT2D eigenvalue weighted by Crippen LogP contribution is -2.27. The van der Waals surface area contributed by atoms with Gasteiger partial charge in [0.25, 0.3) is 5.91 Å². The summed E-state index contributed by atoms with van der Waals surface area (Å²) < 4.78 is 0. The Kier molecular flexibility index (Phi) is 5.00. The summed E-state index contributed by atoms with van der Waals surface area (Å²) >= 11 is 7.07. The maximum absolute atomic E-state index is 12.9. The second-order valence-corrected chi connectivity index (χ2v) is 7.73. The predicted molar refractivity (Wildman–Crippen MR) is 116 cm³/mol. The Morgan fingerprint density at radius 3 is 2.55 bits per heavy atom. The highest BCUT2D eigenvalue weighted by Crippen LogP contribution is 2.37. The topological polar surface area (TPSA) is 104 Å². The van der Waals surface area contributed by atoms with E-state index >= 15 is 0 Å². The second-order valence-electron chi connectivity index (χ2n) is 6.41. The van der Waals surface area contributed by atoms with E-state index in [2.05, 4.69) is 10.6 Å². The Morgan fingerprint density at radius 1 is 1.10 bits per heavy atom. The highest BCUT2D eigenvalue weighted by molar-refractivity contribution is 7.15. The first-order valence-electron chi connectivity index (χ1n) is 8.69. The Labute approximate surface area is 175 Å². The molecule has 2 aromatic carbocycles. The van der Waals surface area contributed by atoms with Crippen LogP contribution < -0.4 is 16.4 Å². The minimum atomic E-state index is -1.12. The van der Waals surface area contributed by atoms with Gasteiger partial charge < -0.3 is 21.5 Å². The number of nitrogens with two attached hydrogens (primary N) is 1. The molecule has 0 saturated heterocycles. The fourth-order valence-electron chi connectivity index (χ4n) is 3.20. The van der Waals surface area contributed by atoms with E-state index in [1.807, 2.05) is 24.3 Å². The molecule has 1 aromatic heterocycles. The second kappa shape index (κ2) is 7.62. The van der Waals surface area contributed by atoms with Gasteiger partial charge >= 0.3 is 5.97 Å². The Hall–Kier alpha value is -3.29. The van der Waals surface area contributed by atoms with Crippen LogP contribution in [0.5, 0.6) is 0 Å². The van der Waals surface area contributed by atoms with Gasteiger partial charge in [-0.3, -0.25) is 4.79 Å². The molecule has 0 radical (unpaired) electrons. The van der Waals surface area contributed by atoms with Crippen molar-refractivity contribution in [1.29, 1.82) is 0 Å². The number of carboxylic acids is 1. The van der Waals surface area contributed by atoms with Crippen LogP contribution in [-0.2, 0) is 4.79 Å². The minimum absolute atomic E-state index is 0.0361. The normalized spacial score (nSPS) is 12.9. The maximum Gasteiger partial charge on any atom is 0.339 e. The number of carbonyl (C=O) groups excluding carboxylic acids is 1. The van der Waals surface area contributed by atoms with E-state index in [-0.39, 0.29) is 17.1 Å². The molecule has 2 heterocycles. The van der Waals surface area contributed by atoms with Crippen LogP contribution in [0.3, 0.4) is 0 Å². The fourth-order valence-corrected chi connectivity index (χ4v) is 4.28. The number of carboxylic acid groups (broad SMARTS) is 1. The van der Waals surface area contributed by atoms with E-state index in [1.54, 1.807) is 29.6 Å². The number of rotatable bonds is 4. The van der Waals surface area contributed by atoms with Crippen molar-refractivity contribution in [2.24, 2.45) is 5.73 Å². The minimum Gasteiger partial charge on any atom is -0.478 e. The van der Waals surface area contributed by atoms with E-state index < -0.39 is 11.9 Å². The van der Waals surface area contributed by atoms with Gasteiger partial charge in [-0.25, -0.2) is 4.79 Å². The number of aromatic carboxylic acids is 1. The SMILES string of the molecule is NC1=C(C(=O)Nc2scc(-c3ccc(Cl)cc3)c2C(=O)O)CNc2ccccc21. The molecule has 1 amide bonds. The average molecular weight is 426 g/mol. The van der Waals surface area contributed by atoms with Crippen molar-refractivity contribution >= 4 is 51.2 Å². The largest absolute Gasteiger partial charge is 0.478 e. The molecule has 6 nitrogen and oxygen atoms in total. The molecule has 146 valence electrons. The van der Waals surface area contributed by atoms with Crippen molar-refractivity contribution in [1.82, 2.24) is 0 Å². The molecule has 0 bridgehead atoms. The fraction of sp³-hybridized carbons (Fsp3) is 0.0476. The Balaban J connectivity index is 1.67. The van der Waals surface area contributed by atoms with Gasteiger partial charge in [-0.15, -0.1) is 11.3 Å².